The molecule has 1 heterocycles. The standard InChI is InChI=1S/C10H11N3OS/c1-2-15-10-13-12-9(14-10)7-3-5-8(11)6-4-7/h3-6H,2,11H2,1H3. The summed E-state index contributed by atoms with van der Waals surface area (Å²) in [5, 5.41) is 8.48. The second kappa shape index (κ2) is 4.35. The van der Waals surface area contributed by atoms with Gasteiger partial charge in [-0.3, -0.25) is 0 Å². The fourth-order valence-corrected chi connectivity index (χ4v) is 1.62. The van der Waals surface area contributed by atoms with Crippen molar-refractivity contribution in [3.63, 3.8) is 0 Å². The van der Waals surface area contributed by atoms with Gasteiger partial charge in [0.15, 0.2) is 0 Å². The number of hydrogen-bond acceptors (Lipinski definition) is 5. The molecule has 0 amide bonds. The van der Waals surface area contributed by atoms with Crippen molar-refractivity contribution in [1.82, 2.24) is 10.2 Å². The van der Waals surface area contributed by atoms with Crippen LogP contribution in [0, 0.1) is 0 Å². The van der Waals surface area contributed by atoms with E-state index in [1.165, 1.54) is 11.8 Å². The Kier molecular flexibility index (Phi) is 2.91. The Balaban J connectivity index is 2.25. The Morgan fingerprint density at radius 2 is 2.00 bits per heavy atom. The van der Waals surface area contributed by atoms with Gasteiger partial charge in [-0.05, 0) is 30.0 Å². The van der Waals surface area contributed by atoms with Crippen molar-refractivity contribution < 1.29 is 4.42 Å². The van der Waals surface area contributed by atoms with Crippen molar-refractivity contribution in [2.45, 2.75) is 12.1 Å². The van der Waals surface area contributed by atoms with E-state index in [0.29, 0.717) is 11.1 Å². The van der Waals surface area contributed by atoms with E-state index in [1.54, 1.807) is 0 Å². The zero-order chi connectivity index (χ0) is 10.7. The lowest BCUT2D eigenvalue weighted by molar-refractivity contribution is 0.466. The van der Waals surface area contributed by atoms with Gasteiger partial charge < -0.3 is 10.2 Å². The van der Waals surface area contributed by atoms with E-state index >= 15 is 0 Å². The minimum absolute atomic E-state index is 0.533. The summed E-state index contributed by atoms with van der Waals surface area (Å²) in [4.78, 5) is 0. The number of rotatable bonds is 3. The van der Waals surface area contributed by atoms with Crippen molar-refractivity contribution in [1.29, 1.82) is 0 Å². The van der Waals surface area contributed by atoms with Gasteiger partial charge in [0.25, 0.3) is 5.22 Å². The zero-order valence-corrected chi connectivity index (χ0v) is 9.12. The molecule has 2 N–H and O–H groups in total. The molecular weight excluding hydrogens is 210 g/mol. The molecular formula is C10H11N3OS. The molecule has 0 aliphatic rings. The quantitative estimate of drug-likeness (QED) is 0.637. The summed E-state index contributed by atoms with van der Waals surface area (Å²) in [6.45, 7) is 2.04. The monoisotopic (exact) mass is 221 g/mol. The van der Waals surface area contributed by atoms with Crippen LogP contribution >= 0.6 is 11.8 Å². The second-order valence-corrected chi connectivity index (χ2v) is 4.14. The first-order valence-corrected chi connectivity index (χ1v) is 5.60. The van der Waals surface area contributed by atoms with Crippen LogP contribution in [0.5, 0.6) is 0 Å². The molecule has 0 radical (unpaired) electrons. The molecule has 1 aromatic heterocycles. The number of anilines is 1. The lowest BCUT2D eigenvalue weighted by atomic mass is 10.2. The maximum Gasteiger partial charge on any atom is 0.276 e. The minimum Gasteiger partial charge on any atom is -0.411 e. The molecule has 0 unspecified atom stereocenters. The molecule has 0 bridgehead atoms. The fraction of sp³-hybridized carbons (Fsp3) is 0.200. The van der Waals surface area contributed by atoms with E-state index in [2.05, 4.69) is 10.2 Å². The highest BCUT2D eigenvalue weighted by molar-refractivity contribution is 7.99. The molecule has 0 saturated carbocycles. The largest absolute Gasteiger partial charge is 0.411 e. The summed E-state index contributed by atoms with van der Waals surface area (Å²) >= 11 is 1.53. The van der Waals surface area contributed by atoms with Gasteiger partial charge >= 0.3 is 0 Å². The molecule has 0 aliphatic carbocycles. The van der Waals surface area contributed by atoms with E-state index in [4.69, 9.17) is 10.2 Å². The van der Waals surface area contributed by atoms with Gasteiger partial charge in [-0.2, -0.15) is 0 Å². The first kappa shape index (κ1) is 10.0. The highest BCUT2D eigenvalue weighted by Crippen LogP contribution is 2.23. The molecule has 0 aliphatic heterocycles. The highest BCUT2D eigenvalue weighted by atomic mass is 32.2. The first-order valence-electron chi connectivity index (χ1n) is 4.62. The SMILES string of the molecule is CCSc1nnc(-c2ccc(N)cc2)o1. The predicted molar refractivity (Wildman–Crippen MR) is 60.5 cm³/mol. The van der Waals surface area contributed by atoms with E-state index in [1.807, 2.05) is 31.2 Å². The number of nitrogen functional groups attached to an aromatic ring is 1. The van der Waals surface area contributed by atoms with E-state index in [-0.39, 0.29) is 0 Å². The minimum atomic E-state index is 0.533. The van der Waals surface area contributed by atoms with Crippen LogP contribution < -0.4 is 5.73 Å². The van der Waals surface area contributed by atoms with Gasteiger partial charge in [-0.25, -0.2) is 0 Å². The van der Waals surface area contributed by atoms with Crippen molar-refractivity contribution in [3.05, 3.63) is 24.3 Å². The van der Waals surface area contributed by atoms with Gasteiger partial charge in [0.1, 0.15) is 0 Å². The predicted octanol–water partition coefficient (Wildman–Crippen LogP) is 2.43. The Labute approximate surface area is 91.9 Å². The summed E-state index contributed by atoms with van der Waals surface area (Å²) in [5.41, 5.74) is 7.20. The third kappa shape index (κ3) is 2.30. The number of thioether (sulfide) groups is 1. The van der Waals surface area contributed by atoms with Crippen LogP contribution in [0.2, 0.25) is 0 Å². The topological polar surface area (TPSA) is 64.9 Å². The zero-order valence-electron chi connectivity index (χ0n) is 8.30. The lowest BCUT2D eigenvalue weighted by Gasteiger charge is -1.94. The highest BCUT2D eigenvalue weighted by Gasteiger charge is 2.07. The van der Waals surface area contributed by atoms with Crippen LogP contribution in [0.4, 0.5) is 5.69 Å². The second-order valence-electron chi connectivity index (χ2n) is 2.93. The van der Waals surface area contributed by atoms with Crippen molar-refractivity contribution in [2.75, 3.05) is 11.5 Å². The fourth-order valence-electron chi connectivity index (χ4n) is 1.13. The van der Waals surface area contributed by atoms with Gasteiger partial charge in [-0.15, -0.1) is 10.2 Å². The average Bonchev–Trinajstić information content (AvgIpc) is 2.68. The molecule has 5 heteroatoms. The van der Waals surface area contributed by atoms with Gasteiger partial charge in [0.2, 0.25) is 5.89 Å². The first-order chi connectivity index (χ1) is 7.29. The van der Waals surface area contributed by atoms with Crippen LogP contribution in [0.1, 0.15) is 6.92 Å². The van der Waals surface area contributed by atoms with Crippen molar-refractivity contribution in [2.24, 2.45) is 0 Å². The number of benzene rings is 1. The number of aromatic nitrogens is 2. The molecule has 1 aromatic carbocycles. The molecule has 0 spiro atoms. The Hall–Kier alpha value is -1.49. The summed E-state index contributed by atoms with van der Waals surface area (Å²) in [6.07, 6.45) is 0. The normalized spacial score (nSPS) is 10.5. The van der Waals surface area contributed by atoms with E-state index in [9.17, 15) is 0 Å². The summed E-state index contributed by atoms with van der Waals surface area (Å²) in [7, 11) is 0. The lowest BCUT2D eigenvalue weighted by Crippen LogP contribution is -1.83. The van der Waals surface area contributed by atoms with Crippen LogP contribution in [0.3, 0.4) is 0 Å². The molecule has 0 atom stereocenters. The third-order valence-electron chi connectivity index (χ3n) is 1.83. The molecule has 15 heavy (non-hydrogen) atoms. The Bertz CT molecular complexity index is 438. The van der Waals surface area contributed by atoms with Crippen LogP contribution in [0.15, 0.2) is 33.9 Å². The molecule has 0 fully saturated rings. The van der Waals surface area contributed by atoms with Crippen LogP contribution in [-0.2, 0) is 0 Å². The van der Waals surface area contributed by atoms with Gasteiger partial charge in [-0.1, -0.05) is 18.7 Å². The number of nitrogens with zero attached hydrogens (tertiary/aromatic N) is 2. The number of nitrogens with two attached hydrogens (primary N) is 1. The van der Waals surface area contributed by atoms with Gasteiger partial charge in [0.05, 0.1) is 0 Å². The summed E-state index contributed by atoms with van der Waals surface area (Å²) in [6, 6.07) is 7.35. The van der Waals surface area contributed by atoms with Crippen LogP contribution in [0.25, 0.3) is 11.5 Å². The average molecular weight is 221 g/mol. The molecule has 4 nitrogen and oxygen atoms in total. The summed E-state index contributed by atoms with van der Waals surface area (Å²) < 4.78 is 5.45. The third-order valence-corrected chi connectivity index (χ3v) is 2.53. The maximum atomic E-state index is 5.59. The summed E-state index contributed by atoms with van der Waals surface area (Å²) in [5.74, 6) is 1.45. The van der Waals surface area contributed by atoms with Crippen molar-refractivity contribution >= 4 is 17.4 Å². The maximum absolute atomic E-state index is 5.59. The van der Waals surface area contributed by atoms with Gasteiger partial charge in [0, 0.05) is 11.3 Å². The smallest absolute Gasteiger partial charge is 0.276 e. The molecule has 0 saturated heterocycles. The van der Waals surface area contributed by atoms with E-state index in [0.717, 1.165) is 17.0 Å². The molecule has 2 aromatic rings. The van der Waals surface area contributed by atoms with E-state index < -0.39 is 0 Å². The molecule has 2 rings (SSSR count). The Morgan fingerprint density at radius 1 is 1.27 bits per heavy atom. The molecule has 78 valence electrons. The Morgan fingerprint density at radius 3 is 2.67 bits per heavy atom. The van der Waals surface area contributed by atoms with Crippen LogP contribution in [-0.4, -0.2) is 16.0 Å². The number of hydrogen-bond donors (Lipinski definition) is 1. The van der Waals surface area contributed by atoms with Crippen molar-refractivity contribution in [3.8, 4) is 11.5 Å².